The molecule has 1 aliphatic heterocycles. The van der Waals surface area contributed by atoms with E-state index in [0.29, 0.717) is 5.75 Å². The third-order valence-corrected chi connectivity index (χ3v) is 4.04. The van der Waals surface area contributed by atoms with Crippen LogP contribution in [0.1, 0.15) is 35.6 Å². The summed E-state index contributed by atoms with van der Waals surface area (Å²) in [6.45, 7) is 7.74. The van der Waals surface area contributed by atoms with Gasteiger partial charge in [-0.1, -0.05) is 0 Å². The van der Waals surface area contributed by atoms with Gasteiger partial charge in [0.2, 0.25) is 0 Å². The minimum absolute atomic E-state index is 0.130. The second-order valence-corrected chi connectivity index (χ2v) is 5.69. The standard InChI is InChI=1S/C16H23N3O3/c1-8-5-6-12-11(4)14(9(2)10(3)15(12)21-8)22-13(20)7-19-16(17)18/h8H,5-7H2,1-4H3,(H4,17,18,19). The highest BCUT2D eigenvalue weighted by Gasteiger charge is 2.25. The second-order valence-electron chi connectivity index (χ2n) is 5.69. The van der Waals surface area contributed by atoms with Gasteiger partial charge in [-0.15, -0.1) is 0 Å². The van der Waals surface area contributed by atoms with Gasteiger partial charge in [0.1, 0.15) is 18.0 Å². The van der Waals surface area contributed by atoms with E-state index in [-0.39, 0.29) is 18.6 Å². The maximum absolute atomic E-state index is 11.9. The molecule has 0 radical (unpaired) electrons. The molecule has 120 valence electrons. The Kier molecular flexibility index (Phi) is 4.59. The molecular weight excluding hydrogens is 282 g/mol. The summed E-state index contributed by atoms with van der Waals surface area (Å²) in [7, 11) is 0. The van der Waals surface area contributed by atoms with E-state index in [1.165, 1.54) is 0 Å². The van der Waals surface area contributed by atoms with Crippen LogP contribution in [-0.4, -0.2) is 24.6 Å². The summed E-state index contributed by atoms with van der Waals surface area (Å²) < 4.78 is 11.5. The summed E-state index contributed by atoms with van der Waals surface area (Å²) >= 11 is 0. The zero-order valence-corrected chi connectivity index (χ0v) is 13.5. The first kappa shape index (κ1) is 16.1. The van der Waals surface area contributed by atoms with Gasteiger partial charge in [0.25, 0.3) is 0 Å². The smallest absolute Gasteiger partial charge is 0.333 e. The van der Waals surface area contributed by atoms with Crippen LogP contribution >= 0.6 is 0 Å². The molecule has 1 aromatic carbocycles. The van der Waals surface area contributed by atoms with E-state index in [2.05, 4.69) is 11.9 Å². The predicted octanol–water partition coefficient (Wildman–Crippen LogP) is 1.50. The SMILES string of the molecule is Cc1c(C)c2c(c(C)c1OC(=O)CN=C(N)N)CCC(C)O2. The highest BCUT2D eigenvalue weighted by molar-refractivity contribution is 5.81. The Morgan fingerprint density at radius 3 is 2.59 bits per heavy atom. The molecule has 1 aliphatic rings. The Balaban J connectivity index is 2.35. The van der Waals surface area contributed by atoms with Crippen molar-refractivity contribution < 1.29 is 14.3 Å². The fourth-order valence-electron chi connectivity index (χ4n) is 2.68. The number of ether oxygens (including phenoxy) is 2. The number of carbonyl (C=O) groups is 1. The van der Waals surface area contributed by atoms with E-state index >= 15 is 0 Å². The van der Waals surface area contributed by atoms with Crippen LogP contribution in [0.25, 0.3) is 0 Å². The molecule has 0 aliphatic carbocycles. The molecule has 1 aromatic rings. The van der Waals surface area contributed by atoms with Crippen LogP contribution in [0, 0.1) is 20.8 Å². The number of rotatable bonds is 3. The van der Waals surface area contributed by atoms with Crippen LogP contribution in [0.3, 0.4) is 0 Å². The molecule has 1 atom stereocenters. The molecule has 0 bridgehead atoms. The molecule has 0 fully saturated rings. The second kappa shape index (κ2) is 6.25. The number of fused-ring (bicyclic) bond motifs is 1. The molecular formula is C16H23N3O3. The first-order valence-corrected chi connectivity index (χ1v) is 7.36. The topological polar surface area (TPSA) is 99.9 Å². The number of nitrogens with two attached hydrogens (primary N) is 2. The third-order valence-electron chi connectivity index (χ3n) is 4.04. The minimum Gasteiger partial charge on any atom is -0.490 e. The van der Waals surface area contributed by atoms with Crippen LogP contribution in [0.5, 0.6) is 11.5 Å². The van der Waals surface area contributed by atoms with Crippen LogP contribution in [0.15, 0.2) is 4.99 Å². The number of hydrogen-bond donors (Lipinski definition) is 2. The molecule has 2 rings (SSSR count). The van der Waals surface area contributed by atoms with E-state index in [1.54, 1.807) is 0 Å². The first-order valence-electron chi connectivity index (χ1n) is 7.36. The molecule has 22 heavy (non-hydrogen) atoms. The minimum atomic E-state index is -0.482. The van der Waals surface area contributed by atoms with Crippen LogP contribution in [0.2, 0.25) is 0 Å². The fraction of sp³-hybridized carbons (Fsp3) is 0.500. The van der Waals surface area contributed by atoms with Gasteiger partial charge in [0.15, 0.2) is 5.96 Å². The van der Waals surface area contributed by atoms with Gasteiger partial charge in [-0.25, -0.2) is 9.79 Å². The van der Waals surface area contributed by atoms with E-state index in [9.17, 15) is 4.79 Å². The Hall–Kier alpha value is -2.24. The summed E-state index contributed by atoms with van der Waals surface area (Å²) in [5.41, 5.74) is 14.4. The largest absolute Gasteiger partial charge is 0.490 e. The number of hydrogen-bond acceptors (Lipinski definition) is 4. The van der Waals surface area contributed by atoms with Crippen LogP contribution < -0.4 is 20.9 Å². The highest BCUT2D eigenvalue weighted by Crippen LogP contribution is 2.41. The number of guanidine groups is 1. The lowest BCUT2D eigenvalue weighted by atomic mass is 9.92. The van der Waals surface area contributed by atoms with Gasteiger partial charge >= 0.3 is 5.97 Å². The number of esters is 1. The molecule has 1 unspecified atom stereocenters. The Morgan fingerprint density at radius 2 is 1.95 bits per heavy atom. The fourth-order valence-corrected chi connectivity index (χ4v) is 2.68. The summed E-state index contributed by atoms with van der Waals surface area (Å²) in [4.78, 5) is 15.6. The van der Waals surface area contributed by atoms with Crippen molar-refractivity contribution in [3.63, 3.8) is 0 Å². The Morgan fingerprint density at radius 1 is 1.27 bits per heavy atom. The van der Waals surface area contributed by atoms with Crippen molar-refractivity contribution in [3.8, 4) is 11.5 Å². The quantitative estimate of drug-likeness (QED) is 0.381. The Labute approximate surface area is 130 Å². The lowest BCUT2D eigenvalue weighted by molar-refractivity contribution is -0.132. The summed E-state index contributed by atoms with van der Waals surface area (Å²) in [6, 6.07) is 0. The molecule has 0 saturated heterocycles. The molecule has 6 nitrogen and oxygen atoms in total. The van der Waals surface area contributed by atoms with Crippen LogP contribution in [0.4, 0.5) is 0 Å². The first-order chi connectivity index (χ1) is 10.3. The molecule has 0 amide bonds. The number of aliphatic imine (C=N–C) groups is 1. The molecule has 4 N–H and O–H groups in total. The normalized spacial score (nSPS) is 16.5. The summed E-state index contributed by atoms with van der Waals surface area (Å²) in [5.74, 6) is 0.904. The van der Waals surface area contributed by atoms with E-state index < -0.39 is 5.97 Å². The zero-order chi connectivity index (χ0) is 16.4. The average molecular weight is 305 g/mol. The zero-order valence-electron chi connectivity index (χ0n) is 13.5. The van der Waals surface area contributed by atoms with Gasteiger partial charge < -0.3 is 20.9 Å². The van der Waals surface area contributed by atoms with Crippen molar-refractivity contribution >= 4 is 11.9 Å². The number of benzene rings is 1. The Bertz CT molecular complexity index is 634. The van der Waals surface area contributed by atoms with Gasteiger partial charge in [0, 0.05) is 5.56 Å². The van der Waals surface area contributed by atoms with Crippen LogP contribution in [-0.2, 0) is 11.2 Å². The summed E-state index contributed by atoms with van der Waals surface area (Å²) in [5, 5.41) is 0. The van der Waals surface area contributed by atoms with Gasteiger partial charge in [-0.3, -0.25) is 0 Å². The highest BCUT2D eigenvalue weighted by atomic mass is 16.5. The van der Waals surface area contributed by atoms with E-state index in [0.717, 1.165) is 40.8 Å². The molecule has 0 spiro atoms. The lowest BCUT2D eigenvalue weighted by Crippen LogP contribution is -2.25. The molecule has 1 heterocycles. The van der Waals surface area contributed by atoms with Gasteiger partial charge in [-0.2, -0.15) is 0 Å². The number of carbonyl (C=O) groups excluding carboxylic acids is 1. The molecule has 0 saturated carbocycles. The van der Waals surface area contributed by atoms with Gasteiger partial charge in [-0.05, 0) is 57.2 Å². The number of nitrogens with zero attached hydrogens (tertiary/aromatic N) is 1. The maximum Gasteiger partial charge on any atom is 0.333 e. The van der Waals surface area contributed by atoms with E-state index in [4.69, 9.17) is 20.9 Å². The van der Waals surface area contributed by atoms with Crippen molar-refractivity contribution in [3.05, 3.63) is 22.3 Å². The third kappa shape index (κ3) is 3.16. The maximum atomic E-state index is 11.9. The van der Waals surface area contributed by atoms with Crippen molar-refractivity contribution in [2.24, 2.45) is 16.5 Å². The molecule has 6 heteroatoms. The average Bonchev–Trinajstić information content (AvgIpc) is 2.47. The van der Waals surface area contributed by atoms with Crippen molar-refractivity contribution in [2.45, 2.75) is 46.6 Å². The van der Waals surface area contributed by atoms with E-state index in [1.807, 2.05) is 20.8 Å². The lowest BCUT2D eigenvalue weighted by Gasteiger charge is -2.28. The monoisotopic (exact) mass is 305 g/mol. The summed E-state index contributed by atoms with van der Waals surface area (Å²) in [6.07, 6.45) is 2.08. The van der Waals surface area contributed by atoms with Crippen molar-refractivity contribution in [2.75, 3.05) is 6.54 Å². The van der Waals surface area contributed by atoms with Crippen molar-refractivity contribution in [1.82, 2.24) is 0 Å². The predicted molar refractivity (Wildman–Crippen MR) is 85.4 cm³/mol. The van der Waals surface area contributed by atoms with Gasteiger partial charge in [0.05, 0.1) is 6.10 Å². The van der Waals surface area contributed by atoms with Crippen molar-refractivity contribution in [1.29, 1.82) is 0 Å². The molecule has 0 aromatic heterocycles.